The molecule has 3 rings (SSSR count). The molecular weight excluding hydrogens is 282 g/mol. The third-order valence-corrected chi connectivity index (χ3v) is 4.01. The van der Waals surface area contributed by atoms with Crippen LogP contribution in [0.5, 0.6) is 0 Å². The Labute approximate surface area is 127 Å². The van der Waals surface area contributed by atoms with Crippen molar-refractivity contribution in [1.29, 1.82) is 0 Å². The Morgan fingerprint density at radius 1 is 1.45 bits per heavy atom. The largest absolute Gasteiger partial charge is 0.376 e. The van der Waals surface area contributed by atoms with Crippen LogP contribution in [0.15, 0.2) is 29.1 Å². The van der Waals surface area contributed by atoms with Gasteiger partial charge in [-0.1, -0.05) is 18.2 Å². The van der Waals surface area contributed by atoms with Crippen LogP contribution in [-0.2, 0) is 16.0 Å². The summed E-state index contributed by atoms with van der Waals surface area (Å²) in [6.07, 6.45) is 2.23. The highest BCUT2D eigenvalue weighted by Crippen LogP contribution is 2.16. The second-order valence-corrected chi connectivity index (χ2v) is 5.63. The summed E-state index contributed by atoms with van der Waals surface area (Å²) in [7, 11) is 0. The molecule has 0 bridgehead atoms. The fourth-order valence-corrected chi connectivity index (χ4v) is 2.85. The molecule has 6 nitrogen and oxygen atoms in total. The first-order chi connectivity index (χ1) is 10.6. The summed E-state index contributed by atoms with van der Waals surface area (Å²) < 4.78 is 5.57. The Balaban J connectivity index is 1.74. The molecular formula is C16H19N3O3. The van der Waals surface area contributed by atoms with Gasteiger partial charge in [-0.2, -0.15) is 5.10 Å². The van der Waals surface area contributed by atoms with E-state index in [4.69, 9.17) is 4.74 Å². The lowest BCUT2D eigenvalue weighted by atomic mass is 10.1. The number of ether oxygens (including phenoxy) is 1. The SMILES string of the molecule is C[C@H](NC(=O)Cc1n[nH]c(=O)c2ccccc12)[C@H]1CCCO1. The summed E-state index contributed by atoms with van der Waals surface area (Å²) in [6, 6.07) is 7.14. The van der Waals surface area contributed by atoms with Gasteiger partial charge in [0, 0.05) is 12.0 Å². The summed E-state index contributed by atoms with van der Waals surface area (Å²) in [5.74, 6) is -0.118. The molecule has 0 unspecified atom stereocenters. The van der Waals surface area contributed by atoms with Crippen LogP contribution in [0.25, 0.3) is 10.8 Å². The monoisotopic (exact) mass is 301 g/mol. The summed E-state index contributed by atoms with van der Waals surface area (Å²) >= 11 is 0. The first-order valence-electron chi connectivity index (χ1n) is 7.52. The number of benzene rings is 1. The van der Waals surface area contributed by atoms with Crippen molar-refractivity contribution in [1.82, 2.24) is 15.5 Å². The zero-order valence-electron chi connectivity index (χ0n) is 12.5. The van der Waals surface area contributed by atoms with Crippen LogP contribution in [0.4, 0.5) is 0 Å². The van der Waals surface area contributed by atoms with Gasteiger partial charge >= 0.3 is 0 Å². The second kappa shape index (κ2) is 6.27. The van der Waals surface area contributed by atoms with Crippen molar-refractivity contribution in [3.8, 4) is 0 Å². The van der Waals surface area contributed by atoms with E-state index in [1.807, 2.05) is 19.1 Å². The van der Waals surface area contributed by atoms with E-state index < -0.39 is 0 Å². The van der Waals surface area contributed by atoms with Gasteiger partial charge in [-0.25, -0.2) is 5.10 Å². The van der Waals surface area contributed by atoms with E-state index in [0.29, 0.717) is 16.5 Å². The van der Waals surface area contributed by atoms with Gasteiger partial charge in [0.25, 0.3) is 5.56 Å². The molecule has 2 N–H and O–H groups in total. The lowest BCUT2D eigenvalue weighted by Gasteiger charge is -2.19. The summed E-state index contributed by atoms with van der Waals surface area (Å²) in [6.45, 7) is 2.71. The van der Waals surface area contributed by atoms with Gasteiger partial charge in [0.15, 0.2) is 0 Å². The van der Waals surface area contributed by atoms with Gasteiger partial charge in [0.05, 0.1) is 29.6 Å². The van der Waals surface area contributed by atoms with Crippen molar-refractivity contribution in [2.24, 2.45) is 0 Å². The number of aromatic nitrogens is 2. The Kier molecular flexibility index (Phi) is 4.20. The van der Waals surface area contributed by atoms with Gasteiger partial charge < -0.3 is 10.1 Å². The number of nitrogens with zero attached hydrogens (tertiary/aromatic N) is 1. The molecule has 1 aromatic heterocycles. The average Bonchev–Trinajstić information content (AvgIpc) is 3.05. The molecule has 6 heteroatoms. The van der Waals surface area contributed by atoms with E-state index in [-0.39, 0.29) is 30.0 Å². The molecule has 1 aliphatic heterocycles. The maximum absolute atomic E-state index is 12.2. The first-order valence-corrected chi connectivity index (χ1v) is 7.52. The Bertz CT molecular complexity index is 735. The number of rotatable bonds is 4. The van der Waals surface area contributed by atoms with Crippen molar-refractivity contribution < 1.29 is 9.53 Å². The lowest BCUT2D eigenvalue weighted by Crippen LogP contribution is -2.41. The number of nitrogens with one attached hydrogen (secondary N) is 2. The van der Waals surface area contributed by atoms with Crippen molar-refractivity contribution in [3.05, 3.63) is 40.3 Å². The molecule has 1 aliphatic rings. The van der Waals surface area contributed by atoms with Crippen LogP contribution >= 0.6 is 0 Å². The molecule has 1 fully saturated rings. The fraction of sp³-hybridized carbons (Fsp3) is 0.438. The second-order valence-electron chi connectivity index (χ2n) is 5.63. The first kappa shape index (κ1) is 14.7. The average molecular weight is 301 g/mol. The Morgan fingerprint density at radius 3 is 2.95 bits per heavy atom. The maximum Gasteiger partial charge on any atom is 0.272 e. The van der Waals surface area contributed by atoms with Gasteiger partial charge in [0.1, 0.15) is 0 Å². The van der Waals surface area contributed by atoms with Gasteiger partial charge in [-0.05, 0) is 25.8 Å². The molecule has 2 heterocycles. The molecule has 116 valence electrons. The number of amides is 1. The van der Waals surface area contributed by atoms with E-state index in [1.165, 1.54) is 0 Å². The quantitative estimate of drug-likeness (QED) is 0.887. The third kappa shape index (κ3) is 3.01. The fourth-order valence-electron chi connectivity index (χ4n) is 2.85. The molecule has 1 amide bonds. The molecule has 0 spiro atoms. The number of carbonyl (C=O) groups is 1. The Morgan fingerprint density at radius 2 is 2.23 bits per heavy atom. The number of fused-ring (bicyclic) bond motifs is 1. The van der Waals surface area contributed by atoms with E-state index >= 15 is 0 Å². The normalized spacial score (nSPS) is 19.2. The van der Waals surface area contributed by atoms with Crippen molar-refractivity contribution in [3.63, 3.8) is 0 Å². The number of hydrogen-bond donors (Lipinski definition) is 2. The van der Waals surface area contributed by atoms with Crippen LogP contribution in [0.2, 0.25) is 0 Å². The molecule has 0 aliphatic carbocycles. The number of carbonyl (C=O) groups excluding carboxylic acids is 1. The molecule has 1 saturated heterocycles. The topological polar surface area (TPSA) is 84.1 Å². The molecule has 1 aromatic carbocycles. The van der Waals surface area contributed by atoms with Crippen LogP contribution < -0.4 is 10.9 Å². The summed E-state index contributed by atoms with van der Waals surface area (Å²) in [5.41, 5.74) is 0.333. The number of H-pyrrole nitrogens is 1. The highest BCUT2D eigenvalue weighted by molar-refractivity contribution is 5.88. The smallest absolute Gasteiger partial charge is 0.272 e. The maximum atomic E-state index is 12.2. The number of aromatic amines is 1. The van der Waals surface area contributed by atoms with Crippen LogP contribution in [0, 0.1) is 0 Å². The zero-order chi connectivity index (χ0) is 15.5. The van der Waals surface area contributed by atoms with Crippen molar-refractivity contribution in [2.75, 3.05) is 6.61 Å². The molecule has 22 heavy (non-hydrogen) atoms. The highest BCUT2D eigenvalue weighted by atomic mass is 16.5. The summed E-state index contributed by atoms with van der Waals surface area (Å²) in [4.78, 5) is 23.9. The molecule has 0 radical (unpaired) electrons. The van der Waals surface area contributed by atoms with Crippen LogP contribution in [-0.4, -0.2) is 34.9 Å². The summed E-state index contributed by atoms with van der Waals surface area (Å²) in [5, 5.41) is 10.7. The lowest BCUT2D eigenvalue weighted by molar-refractivity contribution is -0.121. The van der Waals surface area contributed by atoms with E-state index in [0.717, 1.165) is 19.4 Å². The molecule has 2 aromatic rings. The predicted molar refractivity (Wildman–Crippen MR) is 82.6 cm³/mol. The van der Waals surface area contributed by atoms with Gasteiger partial charge in [-0.15, -0.1) is 0 Å². The molecule has 0 saturated carbocycles. The van der Waals surface area contributed by atoms with E-state index in [1.54, 1.807) is 12.1 Å². The standard InChI is InChI=1S/C16H19N3O3/c1-10(14-7-4-8-22-14)17-15(20)9-13-11-5-2-3-6-12(11)16(21)19-18-13/h2-3,5-6,10,14H,4,7-9H2,1H3,(H,17,20)(H,19,21)/t10-,14+/m0/s1. The van der Waals surface area contributed by atoms with E-state index in [9.17, 15) is 9.59 Å². The predicted octanol–water partition coefficient (Wildman–Crippen LogP) is 1.15. The van der Waals surface area contributed by atoms with Crippen molar-refractivity contribution >= 4 is 16.7 Å². The Hall–Kier alpha value is -2.21. The van der Waals surface area contributed by atoms with Crippen molar-refractivity contribution in [2.45, 2.75) is 38.3 Å². The highest BCUT2D eigenvalue weighted by Gasteiger charge is 2.24. The van der Waals surface area contributed by atoms with Crippen LogP contribution in [0.3, 0.4) is 0 Å². The van der Waals surface area contributed by atoms with E-state index in [2.05, 4.69) is 15.5 Å². The van der Waals surface area contributed by atoms with Crippen LogP contribution in [0.1, 0.15) is 25.5 Å². The number of hydrogen-bond acceptors (Lipinski definition) is 4. The third-order valence-electron chi connectivity index (χ3n) is 4.01. The minimum absolute atomic E-state index is 0.0241. The van der Waals surface area contributed by atoms with Gasteiger partial charge in [0.2, 0.25) is 5.91 Å². The molecule has 2 atom stereocenters. The van der Waals surface area contributed by atoms with Gasteiger partial charge in [-0.3, -0.25) is 9.59 Å². The minimum Gasteiger partial charge on any atom is -0.376 e. The minimum atomic E-state index is -0.243. The zero-order valence-corrected chi connectivity index (χ0v) is 12.5.